The van der Waals surface area contributed by atoms with Gasteiger partial charge in [0, 0.05) is 6.42 Å². The average Bonchev–Trinajstić information content (AvgIpc) is 2.93. The molecule has 94 valence electrons. The van der Waals surface area contributed by atoms with Crippen molar-refractivity contribution in [2.24, 2.45) is 0 Å². The molecule has 7 nitrogen and oxygen atoms in total. The van der Waals surface area contributed by atoms with E-state index in [9.17, 15) is 9.59 Å². The van der Waals surface area contributed by atoms with Crippen LogP contribution in [0.5, 0.6) is 0 Å². The van der Waals surface area contributed by atoms with Crippen molar-refractivity contribution in [3.8, 4) is 0 Å². The average molecular weight is 242 g/mol. The molecule has 17 heavy (non-hydrogen) atoms. The standard InChI is InChI=1S/C10H14N2O5/c13-9(11-3-5-15-10(11)14)8-6-7-2-1-4-16-12(7)17-8/h7-8H,1-6H2. The number of nitrogens with zero attached hydrogens (tertiary/aromatic N) is 2. The zero-order chi connectivity index (χ0) is 11.8. The fourth-order valence-electron chi connectivity index (χ4n) is 2.33. The molecule has 7 heteroatoms. The topological polar surface area (TPSA) is 68.3 Å². The lowest BCUT2D eigenvalue weighted by atomic mass is 10.0. The van der Waals surface area contributed by atoms with Crippen molar-refractivity contribution in [1.82, 2.24) is 10.1 Å². The van der Waals surface area contributed by atoms with Crippen molar-refractivity contribution in [1.29, 1.82) is 0 Å². The van der Waals surface area contributed by atoms with Crippen molar-refractivity contribution in [3.05, 3.63) is 0 Å². The summed E-state index contributed by atoms with van der Waals surface area (Å²) in [7, 11) is 0. The van der Waals surface area contributed by atoms with Gasteiger partial charge in [0.2, 0.25) is 0 Å². The minimum atomic E-state index is -0.622. The number of rotatable bonds is 1. The maximum atomic E-state index is 12.0. The predicted molar refractivity (Wildman–Crippen MR) is 53.4 cm³/mol. The number of hydrogen-bond acceptors (Lipinski definition) is 6. The van der Waals surface area contributed by atoms with Crippen LogP contribution in [0.25, 0.3) is 0 Å². The first-order valence-corrected chi connectivity index (χ1v) is 5.83. The molecule has 0 bridgehead atoms. The van der Waals surface area contributed by atoms with Gasteiger partial charge in [0.15, 0.2) is 6.10 Å². The molecule has 3 aliphatic heterocycles. The van der Waals surface area contributed by atoms with Crippen LogP contribution in [0.3, 0.4) is 0 Å². The number of carbonyl (C=O) groups excluding carboxylic acids is 2. The van der Waals surface area contributed by atoms with Crippen LogP contribution in [-0.2, 0) is 19.2 Å². The molecular formula is C10H14N2O5. The van der Waals surface area contributed by atoms with Crippen LogP contribution in [0.2, 0.25) is 0 Å². The lowest BCUT2D eigenvalue weighted by Crippen LogP contribution is -2.40. The summed E-state index contributed by atoms with van der Waals surface area (Å²) in [4.78, 5) is 35.1. The zero-order valence-electron chi connectivity index (χ0n) is 9.33. The lowest BCUT2D eigenvalue weighted by molar-refractivity contribution is -0.378. The number of carbonyl (C=O) groups is 2. The predicted octanol–water partition coefficient (Wildman–Crippen LogP) is 0.0651. The van der Waals surface area contributed by atoms with Crippen molar-refractivity contribution in [3.63, 3.8) is 0 Å². The quantitative estimate of drug-likeness (QED) is 0.648. The van der Waals surface area contributed by atoms with Gasteiger partial charge in [0.25, 0.3) is 5.91 Å². The highest BCUT2D eigenvalue weighted by molar-refractivity contribution is 5.95. The second kappa shape index (κ2) is 4.25. The van der Waals surface area contributed by atoms with Gasteiger partial charge < -0.3 is 4.74 Å². The van der Waals surface area contributed by atoms with E-state index in [4.69, 9.17) is 14.4 Å². The summed E-state index contributed by atoms with van der Waals surface area (Å²) in [6.07, 6.45) is 1.29. The Labute approximate surface area is 98.1 Å². The van der Waals surface area contributed by atoms with Crippen LogP contribution in [-0.4, -0.2) is 54.0 Å². The van der Waals surface area contributed by atoms with E-state index in [1.807, 2.05) is 0 Å². The zero-order valence-corrected chi connectivity index (χ0v) is 9.33. The van der Waals surface area contributed by atoms with Crippen LogP contribution in [0.1, 0.15) is 19.3 Å². The highest BCUT2D eigenvalue weighted by Gasteiger charge is 2.44. The lowest BCUT2D eigenvalue weighted by Gasteiger charge is -2.25. The number of imide groups is 1. The number of hydroxylamine groups is 2. The molecule has 0 spiro atoms. The van der Waals surface area contributed by atoms with Gasteiger partial charge >= 0.3 is 6.09 Å². The highest BCUT2D eigenvalue weighted by Crippen LogP contribution is 2.29. The van der Waals surface area contributed by atoms with E-state index in [0.29, 0.717) is 19.6 Å². The summed E-state index contributed by atoms with van der Waals surface area (Å²) in [6.45, 7) is 1.19. The van der Waals surface area contributed by atoms with Crippen LogP contribution < -0.4 is 0 Å². The van der Waals surface area contributed by atoms with Gasteiger partial charge in [-0.3, -0.25) is 14.5 Å². The van der Waals surface area contributed by atoms with Gasteiger partial charge in [-0.1, -0.05) is 5.23 Å². The molecule has 0 aliphatic carbocycles. The Kier molecular flexibility index (Phi) is 2.73. The van der Waals surface area contributed by atoms with Gasteiger partial charge in [-0.25, -0.2) is 9.69 Å². The SMILES string of the molecule is O=C1OCCN1C(=O)C1CC2CCCON2O1. The Morgan fingerprint density at radius 3 is 2.94 bits per heavy atom. The fraction of sp³-hybridized carbons (Fsp3) is 0.800. The van der Waals surface area contributed by atoms with Crippen molar-refractivity contribution in [2.45, 2.75) is 31.4 Å². The van der Waals surface area contributed by atoms with Gasteiger partial charge in [-0.15, -0.1) is 0 Å². The van der Waals surface area contributed by atoms with E-state index in [-0.39, 0.29) is 18.6 Å². The summed E-state index contributed by atoms with van der Waals surface area (Å²) >= 11 is 0. The molecular weight excluding hydrogens is 228 g/mol. The van der Waals surface area contributed by atoms with Crippen molar-refractivity contribution >= 4 is 12.0 Å². The third-order valence-electron chi connectivity index (χ3n) is 3.22. The molecule has 2 amide bonds. The summed E-state index contributed by atoms with van der Waals surface area (Å²) in [5.74, 6) is -0.328. The van der Waals surface area contributed by atoms with Gasteiger partial charge in [-0.2, -0.15) is 0 Å². The van der Waals surface area contributed by atoms with Crippen molar-refractivity contribution in [2.75, 3.05) is 19.8 Å². The number of hydrogen-bond donors (Lipinski definition) is 0. The molecule has 3 heterocycles. The Balaban J connectivity index is 1.65. The third kappa shape index (κ3) is 1.90. The largest absolute Gasteiger partial charge is 0.447 e. The molecule has 0 saturated carbocycles. The summed E-state index contributed by atoms with van der Waals surface area (Å²) < 4.78 is 4.73. The first-order valence-electron chi connectivity index (χ1n) is 5.83. The van der Waals surface area contributed by atoms with Crippen LogP contribution in [0.15, 0.2) is 0 Å². The molecule has 2 atom stereocenters. The monoisotopic (exact) mass is 242 g/mol. The number of amides is 2. The minimum Gasteiger partial charge on any atom is -0.447 e. The van der Waals surface area contributed by atoms with E-state index in [1.54, 1.807) is 0 Å². The molecule has 0 aromatic carbocycles. The summed E-state index contributed by atoms with van der Waals surface area (Å²) in [5, 5.41) is 1.41. The van der Waals surface area contributed by atoms with E-state index < -0.39 is 12.2 Å². The Morgan fingerprint density at radius 2 is 2.24 bits per heavy atom. The van der Waals surface area contributed by atoms with Gasteiger partial charge in [0.05, 0.1) is 19.2 Å². The molecule has 0 aromatic heterocycles. The maximum absolute atomic E-state index is 12.0. The Morgan fingerprint density at radius 1 is 1.35 bits per heavy atom. The van der Waals surface area contributed by atoms with Crippen LogP contribution in [0, 0.1) is 0 Å². The molecule has 0 N–H and O–H groups in total. The van der Waals surface area contributed by atoms with Gasteiger partial charge in [-0.05, 0) is 12.8 Å². The Bertz CT molecular complexity index is 334. The highest BCUT2D eigenvalue weighted by atomic mass is 17.0. The molecule has 0 radical (unpaired) electrons. The van der Waals surface area contributed by atoms with Crippen molar-refractivity contribution < 1.29 is 24.0 Å². The third-order valence-corrected chi connectivity index (χ3v) is 3.22. The molecule has 3 rings (SSSR count). The first-order chi connectivity index (χ1) is 8.25. The molecule has 0 aromatic rings. The van der Waals surface area contributed by atoms with E-state index in [1.165, 1.54) is 5.23 Å². The molecule has 3 aliphatic rings. The van der Waals surface area contributed by atoms with E-state index in [0.717, 1.165) is 17.7 Å². The maximum Gasteiger partial charge on any atom is 0.416 e. The first kappa shape index (κ1) is 10.9. The van der Waals surface area contributed by atoms with Crippen LogP contribution in [0.4, 0.5) is 4.79 Å². The number of fused-ring (bicyclic) bond motifs is 1. The summed E-state index contributed by atoms with van der Waals surface area (Å²) in [5.41, 5.74) is 0. The number of ether oxygens (including phenoxy) is 1. The second-order valence-corrected chi connectivity index (χ2v) is 4.35. The molecule has 2 unspecified atom stereocenters. The summed E-state index contributed by atoms with van der Waals surface area (Å²) in [6, 6.07) is 0.122. The fourth-order valence-corrected chi connectivity index (χ4v) is 2.33. The van der Waals surface area contributed by atoms with E-state index >= 15 is 0 Å². The normalized spacial score (nSPS) is 33.6. The van der Waals surface area contributed by atoms with Crippen LogP contribution >= 0.6 is 0 Å². The Hall–Kier alpha value is -1.18. The second-order valence-electron chi connectivity index (χ2n) is 4.35. The minimum absolute atomic E-state index is 0.122. The molecule has 3 fully saturated rings. The smallest absolute Gasteiger partial charge is 0.416 e. The van der Waals surface area contributed by atoms with E-state index in [2.05, 4.69) is 0 Å². The number of cyclic esters (lactones) is 1. The molecule has 3 saturated heterocycles. The van der Waals surface area contributed by atoms with Gasteiger partial charge in [0.1, 0.15) is 6.61 Å².